The monoisotopic (exact) mass is 275 g/mol. The highest BCUT2D eigenvalue weighted by Gasteiger charge is 2.13. The summed E-state index contributed by atoms with van der Waals surface area (Å²) in [7, 11) is 0. The second-order valence-electron chi connectivity index (χ2n) is 5.51. The summed E-state index contributed by atoms with van der Waals surface area (Å²) in [4.78, 5) is 11.4. The molecule has 0 radical (unpaired) electrons. The van der Waals surface area contributed by atoms with Gasteiger partial charge in [-0.25, -0.2) is 0 Å². The normalized spacial score (nSPS) is 15.9. The standard InChI is InChI=1S/C16H25N3O/c1-3-16(20)19-14-5-4-12(2)15(10-14)18-11-13-6-8-17-9-7-13/h4-5,10,13,17-18H,3,6-9,11H2,1-2H3,(H,19,20). The summed E-state index contributed by atoms with van der Waals surface area (Å²) < 4.78 is 0. The zero-order valence-corrected chi connectivity index (χ0v) is 12.5. The average molecular weight is 275 g/mol. The van der Waals surface area contributed by atoms with Crippen molar-refractivity contribution in [3.63, 3.8) is 0 Å². The third kappa shape index (κ3) is 4.23. The third-order valence-corrected chi connectivity index (χ3v) is 3.88. The topological polar surface area (TPSA) is 53.2 Å². The third-order valence-electron chi connectivity index (χ3n) is 3.88. The molecule has 0 aliphatic carbocycles. The van der Waals surface area contributed by atoms with Crippen LogP contribution in [0.15, 0.2) is 18.2 Å². The summed E-state index contributed by atoms with van der Waals surface area (Å²) in [5, 5.41) is 9.83. The zero-order chi connectivity index (χ0) is 14.4. The summed E-state index contributed by atoms with van der Waals surface area (Å²) in [5.74, 6) is 0.794. The van der Waals surface area contributed by atoms with Crippen LogP contribution in [0.1, 0.15) is 31.7 Å². The Balaban J connectivity index is 1.95. The predicted octanol–water partition coefficient (Wildman–Crippen LogP) is 2.76. The Morgan fingerprint density at radius 1 is 1.35 bits per heavy atom. The predicted molar refractivity (Wildman–Crippen MR) is 84.2 cm³/mol. The minimum absolute atomic E-state index is 0.0538. The minimum atomic E-state index is 0.0538. The van der Waals surface area contributed by atoms with Crippen LogP contribution < -0.4 is 16.0 Å². The van der Waals surface area contributed by atoms with Crippen LogP contribution in [0.3, 0.4) is 0 Å². The first-order chi connectivity index (χ1) is 9.69. The molecule has 2 rings (SSSR count). The molecule has 110 valence electrons. The highest BCUT2D eigenvalue weighted by Crippen LogP contribution is 2.22. The van der Waals surface area contributed by atoms with E-state index in [2.05, 4.69) is 28.9 Å². The van der Waals surface area contributed by atoms with Gasteiger partial charge in [0.15, 0.2) is 0 Å². The van der Waals surface area contributed by atoms with Crippen LogP contribution in [-0.2, 0) is 4.79 Å². The lowest BCUT2D eigenvalue weighted by Crippen LogP contribution is -2.31. The van der Waals surface area contributed by atoms with Crippen LogP contribution in [0, 0.1) is 12.8 Å². The fourth-order valence-electron chi connectivity index (χ4n) is 2.48. The Morgan fingerprint density at radius 2 is 2.10 bits per heavy atom. The van der Waals surface area contributed by atoms with E-state index in [1.54, 1.807) is 0 Å². The number of carbonyl (C=O) groups excluding carboxylic acids is 1. The van der Waals surface area contributed by atoms with Gasteiger partial charge < -0.3 is 16.0 Å². The van der Waals surface area contributed by atoms with Crippen LogP contribution in [0.5, 0.6) is 0 Å². The number of nitrogens with one attached hydrogen (secondary N) is 3. The van der Waals surface area contributed by atoms with Crippen molar-refractivity contribution in [2.75, 3.05) is 30.3 Å². The molecular formula is C16H25N3O. The molecule has 0 bridgehead atoms. The maximum Gasteiger partial charge on any atom is 0.224 e. The van der Waals surface area contributed by atoms with Gasteiger partial charge in [0.1, 0.15) is 0 Å². The lowest BCUT2D eigenvalue weighted by Gasteiger charge is -2.24. The number of amides is 1. The van der Waals surface area contributed by atoms with E-state index in [1.165, 1.54) is 18.4 Å². The molecule has 1 aliphatic rings. The Morgan fingerprint density at radius 3 is 2.80 bits per heavy atom. The van der Waals surface area contributed by atoms with Crippen molar-refractivity contribution in [1.82, 2.24) is 5.32 Å². The summed E-state index contributed by atoms with van der Waals surface area (Å²) in [6, 6.07) is 6.04. The maximum absolute atomic E-state index is 11.4. The molecule has 0 spiro atoms. The van der Waals surface area contributed by atoms with E-state index in [1.807, 2.05) is 19.1 Å². The summed E-state index contributed by atoms with van der Waals surface area (Å²) >= 11 is 0. The molecule has 1 saturated heterocycles. The number of rotatable bonds is 5. The molecule has 0 aromatic heterocycles. The molecule has 0 unspecified atom stereocenters. The van der Waals surface area contributed by atoms with Crippen molar-refractivity contribution < 1.29 is 4.79 Å². The average Bonchev–Trinajstić information content (AvgIpc) is 2.48. The van der Waals surface area contributed by atoms with Gasteiger partial charge in [-0.1, -0.05) is 13.0 Å². The van der Waals surface area contributed by atoms with Gasteiger partial charge in [0.2, 0.25) is 5.91 Å². The van der Waals surface area contributed by atoms with E-state index in [0.717, 1.165) is 36.9 Å². The summed E-state index contributed by atoms with van der Waals surface area (Å²) in [6.07, 6.45) is 2.97. The molecule has 20 heavy (non-hydrogen) atoms. The lowest BCUT2D eigenvalue weighted by molar-refractivity contribution is -0.115. The van der Waals surface area contributed by atoms with Crippen molar-refractivity contribution >= 4 is 17.3 Å². The Kier molecular flexibility index (Phi) is 5.41. The van der Waals surface area contributed by atoms with E-state index < -0.39 is 0 Å². The molecule has 4 heteroatoms. The van der Waals surface area contributed by atoms with E-state index >= 15 is 0 Å². The molecule has 3 N–H and O–H groups in total. The fraction of sp³-hybridized carbons (Fsp3) is 0.562. The van der Waals surface area contributed by atoms with Gasteiger partial charge in [-0.15, -0.1) is 0 Å². The Bertz CT molecular complexity index is 453. The van der Waals surface area contributed by atoms with Crippen LogP contribution in [-0.4, -0.2) is 25.5 Å². The first-order valence-electron chi connectivity index (χ1n) is 7.54. The molecule has 1 aliphatic heterocycles. The first kappa shape index (κ1) is 14.9. The highest BCUT2D eigenvalue weighted by molar-refractivity contribution is 5.91. The van der Waals surface area contributed by atoms with Crippen LogP contribution >= 0.6 is 0 Å². The zero-order valence-electron chi connectivity index (χ0n) is 12.5. The molecule has 1 aromatic carbocycles. The summed E-state index contributed by atoms with van der Waals surface area (Å²) in [6.45, 7) is 7.21. The fourth-order valence-corrected chi connectivity index (χ4v) is 2.48. The van der Waals surface area contributed by atoms with Crippen molar-refractivity contribution in [3.05, 3.63) is 23.8 Å². The molecule has 1 aromatic rings. The number of carbonyl (C=O) groups is 1. The molecule has 4 nitrogen and oxygen atoms in total. The largest absolute Gasteiger partial charge is 0.384 e. The van der Waals surface area contributed by atoms with E-state index in [4.69, 9.17) is 0 Å². The van der Waals surface area contributed by atoms with Crippen molar-refractivity contribution in [2.45, 2.75) is 33.1 Å². The van der Waals surface area contributed by atoms with Gasteiger partial charge in [0, 0.05) is 24.3 Å². The molecule has 1 heterocycles. The van der Waals surface area contributed by atoms with Gasteiger partial charge >= 0.3 is 0 Å². The summed E-state index contributed by atoms with van der Waals surface area (Å²) in [5.41, 5.74) is 3.21. The number of piperidine rings is 1. The van der Waals surface area contributed by atoms with Gasteiger partial charge in [-0.05, 0) is 56.5 Å². The second-order valence-corrected chi connectivity index (χ2v) is 5.51. The van der Waals surface area contributed by atoms with Gasteiger partial charge in [-0.2, -0.15) is 0 Å². The number of aryl methyl sites for hydroxylation is 1. The molecule has 0 saturated carbocycles. The first-order valence-corrected chi connectivity index (χ1v) is 7.54. The molecule has 0 atom stereocenters. The highest BCUT2D eigenvalue weighted by atomic mass is 16.1. The molecule has 1 fully saturated rings. The minimum Gasteiger partial charge on any atom is -0.384 e. The smallest absolute Gasteiger partial charge is 0.224 e. The van der Waals surface area contributed by atoms with Crippen molar-refractivity contribution in [2.24, 2.45) is 5.92 Å². The van der Waals surface area contributed by atoms with Gasteiger partial charge in [0.25, 0.3) is 0 Å². The number of benzene rings is 1. The van der Waals surface area contributed by atoms with Gasteiger partial charge in [0.05, 0.1) is 0 Å². The second kappa shape index (κ2) is 7.29. The van der Waals surface area contributed by atoms with Crippen molar-refractivity contribution in [1.29, 1.82) is 0 Å². The number of anilines is 2. The van der Waals surface area contributed by atoms with Crippen LogP contribution in [0.25, 0.3) is 0 Å². The number of hydrogen-bond acceptors (Lipinski definition) is 3. The SMILES string of the molecule is CCC(=O)Nc1ccc(C)c(NCC2CCNCC2)c1. The van der Waals surface area contributed by atoms with E-state index in [-0.39, 0.29) is 5.91 Å². The van der Waals surface area contributed by atoms with Gasteiger partial charge in [-0.3, -0.25) is 4.79 Å². The molecule has 1 amide bonds. The number of hydrogen-bond donors (Lipinski definition) is 3. The van der Waals surface area contributed by atoms with Crippen molar-refractivity contribution in [3.8, 4) is 0 Å². The lowest BCUT2D eigenvalue weighted by atomic mass is 9.98. The van der Waals surface area contributed by atoms with E-state index in [9.17, 15) is 4.79 Å². The quantitative estimate of drug-likeness (QED) is 0.774. The van der Waals surface area contributed by atoms with Crippen LogP contribution in [0.4, 0.5) is 11.4 Å². The Hall–Kier alpha value is -1.55. The van der Waals surface area contributed by atoms with Crippen LogP contribution in [0.2, 0.25) is 0 Å². The maximum atomic E-state index is 11.4. The van der Waals surface area contributed by atoms with E-state index in [0.29, 0.717) is 6.42 Å². The molecular weight excluding hydrogens is 250 g/mol. The Labute approximate surface area is 121 Å².